The lowest BCUT2D eigenvalue weighted by Gasteiger charge is -2.38. The molecule has 1 N–H and O–H groups in total. The van der Waals surface area contributed by atoms with E-state index in [0.717, 1.165) is 25.1 Å². The van der Waals surface area contributed by atoms with Crippen molar-refractivity contribution in [1.82, 2.24) is 10.2 Å². The predicted molar refractivity (Wildman–Crippen MR) is 109 cm³/mol. The van der Waals surface area contributed by atoms with Gasteiger partial charge >= 0.3 is 0 Å². The maximum atomic E-state index is 15.0. The second-order valence-electron chi connectivity index (χ2n) is 9.14. The Labute approximate surface area is 167 Å². The van der Waals surface area contributed by atoms with Crippen LogP contribution in [0.25, 0.3) is 0 Å². The number of rotatable bonds is 4. The number of halogens is 1. The minimum absolute atomic E-state index is 0.0460. The molecule has 1 aromatic carbocycles. The lowest BCUT2D eigenvalue weighted by atomic mass is 9.91. The van der Waals surface area contributed by atoms with Gasteiger partial charge in [-0.25, -0.2) is 4.39 Å². The second-order valence-corrected chi connectivity index (χ2v) is 9.14. The molecule has 154 valence electrons. The molecule has 0 bridgehead atoms. The molecule has 1 fully saturated rings. The summed E-state index contributed by atoms with van der Waals surface area (Å²) in [6.07, 6.45) is 2.65. The van der Waals surface area contributed by atoms with Crippen LogP contribution >= 0.6 is 0 Å². The van der Waals surface area contributed by atoms with Crippen LogP contribution in [0.4, 0.5) is 10.1 Å². The zero-order chi connectivity index (χ0) is 20.4. The number of benzene rings is 1. The van der Waals surface area contributed by atoms with E-state index < -0.39 is 11.1 Å². The molecule has 0 atom stereocenters. The van der Waals surface area contributed by atoms with Crippen LogP contribution in [0.1, 0.15) is 45.6 Å². The minimum atomic E-state index is -1.39. The number of nitrogens with zero attached hydrogens (tertiary/aromatic N) is 2. The third kappa shape index (κ3) is 4.90. The Morgan fingerprint density at radius 2 is 1.82 bits per heavy atom. The first-order valence-corrected chi connectivity index (χ1v) is 10.3. The second kappa shape index (κ2) is 8.19. The van der Waals surface area contributed by atoms with Crippen molar-refractivity contribution in [3.63, 3.8) is 0 Å². The molecule has 0 spiro atoms. The lowest BCUT2D eigenvalue weighted by molar-refractivity contribution is -0.129. The molecule has 0 saturated carbocycles. The normalized spacial score (nSPS) is 19.8. The van der Waals surface area contributed by atoms with Crippen LogP contribution in [0.3, 0.4) is 0 Å². The average molecular weight is 390 g/mol. The first-order chi connectivity index (χ1) is 13.2. The zero-order valence-electron chi connectivity index (χ0n) is 17.3. The summed E-state index contributed by atoms with van der Waals surface area (Å²) in [4.78, 5) is 28.8. The molecule has 2 aliphatic heterocycles. The Kier molecular flexibility index (Phi) is 6.08. The van der Waals surface area contributed by atoms with Crippen LogP contribution in [0, 0.1) is 5.41 Å². The number of hydrogen-bond acceptors (Lipinski definition) is 3. The van der Waals surface area contributed by atoms with E-state index in [1.807, 2.05) is 48.8 Å². The fraction of sp³-hybridized carbons (Fsp3) is 0.636. The van der Waals surface area contributed by atoms with Gasteiger partial charge in [-0.3, -0.25) is 14.5 Å². The van der Waals surface area contributed by atoms with Crippen molar-refractivity contribution >= 4 is 17.5 Å². The van der Waals surface area contributed by atoms with Crippen LogP contribution in [0.2, 0.25) is 0 Å². The topological polar surface area (TPSA) is 52.7 Å². The number of carbonyl (C=O) groups excluding carboxylic acids is 2. The summed E-state index contributed by atoms with van der Waals surface area (Å²) in [5, 5.41) is 2.74. The maximum absolute atomic E-state index is 15.0. The minimum Gasteiger partial charge on any atom is -0.352 e. The van der Waals surface area contributed by atoms with Crippen molar-refractivity contribution in [3.05, 3.63) is 29.8 Å². The van der Waals surface area contributed by atoms with Gasteiger partial charge in [0.25, 0.3) is 0 Å². The van der Waals surface area contributed by atoms with Crippen molar-refractivity contribution in [2.45, 2.75) is 52.1 Å². The summed E-state index contributed by atoms with van der Waals surface area (Å²) in [7, 11) is 0. The summed E-state index contributed by atoms with van der Waals surface area (Å²) >= 11 is 0. The lowest BCUT2D eigenvalue weighted by Crippen LogP contribution is -2.52. The quantitative estimate of drug-likeness (QED) is 0.861. The summed E-state index contributed by atoms with van der Waals surface area (Å²) in [6.45, 7) is 7.63. The highest BCUT2D eigenvalue weighted by atomic mass is 19.1. The molecule has 1 saturated heterocycles. The number of aryl methyl sites for hydroxylation is 1. The number of para-hydroxylation sites is 1. The summed E-state index contributed by atoms with van der Waals surface area (Å²) in [6, 6.07) is 8.07. The third-order valence-electron chi connectivity index (χ3n) is 5.77. The van der Waals surface area contributed by atoms with E-state index in [-0.39, 0.29) is 18.4 Å². The van der Waals surface area contributed by atoms with Gasteiger partial charge in [-0.05, 0) is 37.3 Å². The van der Waals surface area contributed by atoms with Gasteiger partial charge in [0.15, 0.2) is 0 Å². The molecule has 1 aromatic rings. The van der Waals surface area contributed by atoms with Crippen LogP contribution < -0.4 is 10.2 Å². The van der Waals surface area contributed by atoms with E-state index in [4.69, 9.17) is 0 Å². The number of carbonyl (C=O) groups is 2. The van der Waals surface area contributed by atoms with E-state index in [1.165, 1.54) is 5.56 Å². The van der Waals surface area contributed by atoms with Crippen LogP contribution in [0.5, 0.6) is 0 Å². The molecule has 2 aliphatic rings. The standard InChI is InChI=1S/C22H32FN3O2/c1-21(2,3)20(28)24-16-22(23)10-13-25(14-11-22)15-19(27)26-12-6-8-17-7-4-5-9-18(17)26/h4-5,7,9H,6,8,10-16H2,1-3H3,(H,24,28). The highest BCUT2D eigenvalue weighted by molar-refractivity contribution is 5.96. The number of nitrogens with one attached hydrogen (secondary N) is 1. The summed E-state index contributed by atoms with van der Waals surface area (Å²) < 4.78 is 15.0. The fourth-order valence-corrected chi connectivity index (χ4v) is 3.86. The van der Waals surface area contributed by atoms with Gasteiger partial charge in [-0.2, -0.15) is 0 Å². The monoisotopic (exact) mass is 389 g/mol. The Bertz CT molecular complexity index is 721. The molecule has 3 rings (SSSR count). The third-order valence-corrected chi connectivity index (χ3v) is 5.77. The highest BCUT2D eigenvalue weighted by Gasteiger charge is 2.37. The van der Waals surface area contributed by atoms with Crippen LogP contribution in [0.15, 0.2) is 24.3 Å². The Hall–Kier alpha value is -1.95. The van der Waals surface area contributed by atoms with Crippen LogP contribution in [-0.2, 0) is 16.0 Å². The number of fused-ring (bicyclic) bond motifs is 1. The number of hydrogen-bond donors (Lipinski definition) is 1. The molecule has 0 unspecified atom stereocenters. The molecule has 2 heterocycles. The molecule has 0 aliphatic carbocycles. The molecule has 2 amide bonds. The van der Waals surface area contributed by atoms with E-state index in [0.29, 0.717) is 32.5 Å². The van der Waals surface area contributed by atoms with Gasteiger partial charge < -0.3 is 10.2 Å². The molecular formula is C22H32FN3O2. The zero-order valence-corrected chi connectivity index (χ0v) is 17.3. The van der Waals surface area contributed by atoms with E-state index in [2.05, 4.69) is 11.4 Å². The number of anilines is 1. The first kappa shape index (κ1) is 20.8. The number of likely N-dealkylation sites (tertiary alicyclic amines) is 1. The predicted octanol–water partition coefficient (Wildman–Crippen LogP) is 2.93. The van der Waals surface area contributed by atoms with Crippen molar-refractivity contribution in [3.8, 4) is 0 Å². The Balaban J connectivity index is 1.51. The number of alkyl halides is 1. The maximum Gasteiger partial charge on any atom is 0.241 e. The van der Waals surface area contributed by atoms with E-state index in [9.17, 15) is 9.59 Å². The van der Waals surface area contributed by atoms with Gasteiger partial charge in [0.2, 0.25) is 11.8 Å². The molecule has 0 radical (unpaired) electrons. The van der Waals surface area contributed by atoms with E-state index in [1.54, 1.807) is 0 Å². The SMILES string of the molecule is CC(C)(C)C(=O)NCC1(F)CCN(CC(=O)N2CCCc3ccccc32)CC1. The number of amides is 2. The van der Waals surface area contributed by atoms with Crippen molar-refractivity contribution < 1.29 is 14.0 Å². The summed E-state index contributed by atoms with van der Waals surface area (Å²) in [5.74, 6) is -0.0505. The van der Waals surface area contributed by atoms with Gasteiger partial charge in [0, 0.05) is 30.7 Å². The molecule has 6 heteroatoms. The Morgan fingerprint density at radius 1 is 1.14 bits per heavy atom. The molecular weight excluding hydrogens is 357 g/mol. The van der Waals surface area contributed by atoms with E-state index >= 15 is 4.39 Å². The van der Waals surface area contributed by atoms with Gasteiger partial charge in [0.05, 0.1) is 13.1 Å². The van der Waals surface area contributed by atoms with Gasteiger partial charge in [-0.1, -0.05) is 39.0 Å². The van der Waals surface area contributed by atoms with Crippen LogP contribution in [-0.4, -0.2) is 55.1 Å². The molecule has 0 aromatic heterocycles. The first-order valence-electron chi connectivity index (χ1n) is 10.3. The van der Waals surface area contributed by atoms with Gasteiger partial charge in [0.1, 0.15) is 5.67 Å². The highest BCUT2D eigenvalue weighted by Crippen LogP contribution is 2.29. The van der Waals surface area contributed by atoms with Gasteiger partial charge in [-0.15, -0.1) is 0 Å². The largest absolute Gasteiger partial charge is 0.352 e. The summed E-state index contributed by atoms with van der Waals surface area (Å²) in [5.41, 5.74) is 0.324. The average Bonchev–Trinajstić information content (AvgIpc) is 2.67. The molecule has 28 heavy (non-hydrogen) atoms. The molecule has 5 nitrogen and oxygen atoms in total. The van der Waals surface area contributed by atoms with Crippen molar-refractivity contribution in [2.75, 3.05) is 37.6 Å². The van der Waals surface area contributed by atoms with Crippen molar-refractivity contribution in [1.29, 1.82) is 0 Å². The Morgan fingerprint density at radius 3 is 2.50 bits per heavy atom. The smallest absolute Gasteiger partial charge is 0.241 e. The fourth-order valence-electron chi connectivity index (χ4n) is 3.86. The van der Waals surface area contributed by atoms with Crippen molar-refractivity contribution in [2.24, 2.45) is 5.41 Å². The number of piperidine rings is 1.